The molecular weight excluding hydrogens is 485 g/mol. The maximum absolute atomic E-state index is 12.7. The first-order valence-corrected chi connectivity index (χ1v) is 10.9. The lowest BCUT2D eigenvalue weighted by Gasteiger charge is -2.13. The van der Waals surface area contributed by atoms with E-state index < -0.39 is 5.25 Å². The second-order valence-corrected chi connectivity index (χ2v) is 8.84. The first-order valence-electron chi connectivity index (χ1n) is 8.44. The number of thioether (sulfide) groups is 1. The number of rotatable bonds is 5. The molecule has 9 heteroatoms. The van der Waals surface area contributed by atoms with Crippen molar-refractivity contribution in [2.75, 3.05) is 11.9 Å². The Kier molecular flexibility index (Phi) is 7.04. The lowest BCUT2D eigenvalue weighted by molar-refractivity contribution is -0.128. The van der Waals surface area contributed by atoms with Crippen LogP contribution in [-0.2, 0) is 9.59 Å². The summed E-state index contributed by atoms with van der Waals surface area (Å²) in [5.74, 6) is -0.350. The van der Waals surface area contributed by atoms with Gasteiger partial charge in [0.05, 0.1) is 15.7 Å². The molecule has 1 fully saturated rings. The number of anilines is 1. The highest BCUT2D eigenvalue weighted by molar-refractivity contribution is 9.10. The molecule has 1 saturated heterocycles. The van der Waals surface area contributed by atoms with Crippen molar-refractivity contribution in [2.45, 2.75) is 18.6 Å². The van der Waals surface area contributed by atoms with E-state index in [1.165, 1.54) is 11.8 Å². The summed E-state index contributed by atoms with van der Waals surface area (Å²) >= 11 is 16.6. The molecule has 0 aliphatic carbocycles. The average molecular weight is 501 g/mol. The van der Waals surface area contributed by atoms with Crippen LogP contribution in [0.1, 0.15) is 13.3 Å². The number of aliphatic imine (C=N–C) groups is 1. The van der Waals surface area contributed by atoms with E-state index in [4.69, 9.17) is 23.2 Å². The maximum atomic E-state index is 12.7. The van der Waals surface area contributed by atoms with E-state index in [0.29, 0.717) is 33.1 Å². The summed E-state index contributed by atoms with van der Waals surface area (Å²) in [6.07, 6.45) is 0.0659. The largest absolute Gasteiger partial charge is 0.326 e. The summed E-state index contributed by atoms with van der Waals surface area (Å²) in [4.78, 5) is 31.1. The Morgan fingerprint density at radius 2 is 1.93 bits per heavy atom. The molecule has 0 saturated carbocycles. The van der Waals surface area contributed by atoms with Crippen molar-refractivity contribution >= 4 is 79.3 Å². The molecule has 2 aromatic rings. The van der Waals surface area contributed by atoms with E-state index in [1.54, 1.807) is 35.2 Å². The number of carbonyl (C=O) groups is 2. The van der Waals surface area contributed by atoms with Gasteiger partial charge in [0.15, 0.2) is 5.17 Å². The SMILES string of the molecule is CCN1C(=O)C(CC(=O)Nc2ccc(Br)cc2)SC1=Nc1ccc(Cl)c(Cl)c1. The second-order valence-electron chi connectivity index (χ2n) is 5.94. The molecule has 0 radical (unpaired) electrons. The van der Waals surface area contributed by atoms with E-state index >= 15 is 0 Å². The van der Waals surface area contributed by atoms with Gasteiger partial charge in [-0.3, -0.25) is 14.5 Å². The molecule has 0 spiro atoms. The Bertz CT molecular complexity index is 937. The zero-order valence-electron chi connectivity index (χ0n) is 14.8. The molecule has 2 amide bonds. The van der Waals surface area contributed by atoms with Crippen LogP contribution < -0.4 is 5.32 Å². The Hall–Kier alpha value is -1.54. The quantitative estimate of drug-likeness (QED) is 0.569. The van der Waals surface area contributed by atoms with Gasteiger partial charge in [-0.05, 0) is 49.4 Å². The van der Waals surface area contributed by atoms with Crippen LogP contribution in [0.2, 0.25) is 10.0 Å². The normalized spacial score (nSPS) is 18.0. The van der Waals surface area contributed by atoms with Crippen molar-refractivity contribution in [1.29, 1.82) is 0 Å². The van der Waals surface area contributed by atoms with Gasteiger partial charge in [0.25, 0.3) is 0 Å². The predicted octanol–water partition coefficient (Wildman–Crippen LogP) is 5.74. The summed E-state index contributed by atoms with van der Waals surface area (Å²) in [5.41, 5.74) is 1.28. The summed E-state index contributed by atoms with van der Waals surface area (Å²) < 4.78 is 0.925. The Balaban J connectivity index is 1.71. The molecule has 1 aliphatic heterocycles. The molecule has 1 N–H and O–H groups in total. The highest BCUT2D eigenvalue weighted by Crippen LogP contribution is 2.33. The van der Waals surface area contributed by atoms with Crippen LogP contribution in [-0.4, -0.2) is 33.7 Å². The van der Waals surface area contributed by atoms with Crippen molar-refractivity contribution in [1.82, 2.24) is 4.90 Å². The van der Waals surface area contributed by atoms with E-state index in [2.05, 4.69) is 26.2 Å². The first kappa shape index (κ1) is 21.2. The molecule has 5 nitrogen and oxygen atoms in total. The number of amidine groups is 1. The molecule has 3 rings (SSSR count). The topological polar surface area (TPSA) is 61.8 Å². The van der Waals surface area contributed by atoms with Gasteiger partial charge in [0.1, 0.15) is 5.25 Å². The standard InChI is InChI=1S/C19H16BrCl2N3O2S/c1-2-25-18(27)16(10-17(26)23-12-5-3-11(20)4-6-12)28-19(25)24-13-7-8-14(21)15(22)9-13/h3-9,16H,2,10H2,1H3,(H,23,26). The number of nitrogens with one attached hydrogen (secondary N) is 1. The third-order valence-corrected chi connectivity index (χ3v) is 6.41. The fraction of sp³-hybridized carbons (Fsp3) is 0.211. The van der Waals surface area contributed by atoms with Gasteiger partial charge in [-0.2, -0.15) is 0 Å². The molecule has 1 unspecified atom stereocenters. The first-order chi connectivity index (χ1) is 13.4. The fourth-order valence-corrected chi connectivity index (χ4v) is 4.37. The van der Waals surface area contributed by atoms with Gasteiger partial charge in [0.2, 0.25) is 11.8 Å². The van der Waals surface area contributed by atoms with Gasteiger partial charge >= 0.3 is 0 Å². The molecule has 1 aliphatic rings. The van der Waals surface area contributed by atoms with E-state index in [-0.39, 0.29) is 18.2 Å². The fourth-order valence-electron chi connectivity index (χ4n) is 2.59. The minimum absolute atomic E-state index is 0.0659. The zero-order chi connectivity index (χ0) is 20.3. The van der Waals surface area contributed by atoms with Crippen molar-refractivity contribution in [3.63, 3.8) is 0 Å². The number of benzene rings is 2. The Morgan fingerprint density at radius 3 is 2.57 bits per heavy atom. The maximum Gasteiger partial charge on any atom is 0.242 e. The molecular formula is C19H16BrCl2N3O2S. The minimum atomic E-state index is -0.517. The number of hydrogen-bond donors (Lipinski definition) is 1. The molecule has 146 valence electrons. The van der Waals surface area contributed by atoms with Crippen molar-refractivity contribution in [3.8, 4) is 0 Å². The molecule has 1 heterocycles. The number of halogens is 3. The highest BCUT2D eigenvalue weighted by Gasteiger charge is 2.38. The molecule has 0 aromatic heterocycles. The lowest BCUT2D eigenvalue weighted by atomic mass is 10.2. The predicted molar refractivity (Wildman–Crippen MR) is 120 cm³/mol. The number of amides is 2. The minimum Gasteiger partial charge on any atom is -0.326 e. The Morgan fingerprint density at radius 1 is 1.21 bits per heavy atom. The van der Waals surface area contributed by atoms with Crippen molar-refractivity contribution < 1.29 is 9.59 Å². The van der Waals surface area contributed by atoms with Crippen LogP contribution in [0, 0.1) is 0 Å². The van der Waals surface area contributed by atoms with E-state index in [9.17, 15) is 9.59 Å². The zero-order valence-corrected chi connectivity index (χ0v) is 18.7. The van der Waals surface area contributed by atoms with E-state index in [0.717, 1.165) is 4.47 Å². The highest BCUT2D eigenvalue weighted by atomic mass is 79.9. The van der Waals surface area contributed by atoms with Gasteiger partial charge < -0.3 is 5.32 Å². The third kappa shape index (κ3) is 5.08. The van der Waals surface area contributed by atoms with Gasteiger partial charge in [-0.25, -0.2) is 4.99 Å². The molecule has 1 atom stereocenters. The lowest BCUT2D eigenvalue weighted by Crippen LogP contribution is -2.33. The molecule has 28 heavy (non-hydrogen) atoms. The van der Waals surface area contributed by atoms with Crippen LogP contribution >= 0.6 is 50.9 Å². The van der Waals surface area contributed by atoms with Gasteiger partial charge in [0, 0.05) is 23.1 Å². The summed E-state index contributed by atoms with van der Waals surface area (Å²) in [6, 6.07) is 12.3. The third-order valence-electron chi connectivity index (χ3n) is 3.96. The number of nitrogens with zero attached hydrogens (tertiary/aromatic N) is 2. The smallest absolute Gasteiger partial charge is 0.242 e. The average Bonchev–Trinajstić information content (AvgIpc) is 2.94. The van der Waals surface area contributed by atoms with Gasteiger partial charge in [-0.15, -0.1) is 0 Å². The Labute approximate surface area is 185 Å². The molecule has 0 bridgehead atoms. The second kappa shape index (κ2) is 9.31. The van der Waals surface area contributed by atoms with Crippen LogP contribution in [0.25, 0.3) is 0 Å². The molecule has 2 aromatic carbocycles. The summed E-state index contributed by atoms with van der Waals surface area (Å²) in [5, 5.41) is 3.68. The summed E-state index contributed by atoms with van der Waals surface area (Å²) in [7, 11) is 0. The van der Waals surface area contributed by atoms with Crippen LogP contribution in [0.5, 0.6) is 0 Å². The number of hydrogen-bond acceptors (Lipinski definition) is 4. The van der Waals surface area contributed by atoms with E-state index in [1.807, 2.05) is 19.1 Å². The van der Waals surface area contributed by atoms with Crippen LogP contribution in [0.15, 0.2) is 51.9 Å². The summed E-state index contributed by atoms with van der Waals surface area (Å²) in [6.45, 7) is 2.34. The number of carbonyl (C=O) groups excluding carboxylic acids is 2. The monoisotopic (exact) mass is 499 g/mol. The van der Waals surface area contributed by atoms with Crippen LogP contribution in [0.3, 0.4) is 0 Å². The van der Waals surface area contributed by atoms with Crippen molar-refractivity contribution in [2.24, 2.45) is 4.99 Å². The van der Waals surface area contributed by atoms with Crippen LogP contribution in [0.4, 0.5) is 11.4 Å². The van der Waals surface area contributed by atoms with Gasteiger partial charge in [-0.1, -0.05) is 50.9 Å². The van der Waals surface area contributed by atoms with Crippen molar-refractivity contribution in [3.05, 3.63) is 57.0 Å².